The van der Waals surface area contributed by atoms with Crippen molar-refractivity contribution in [3.05, 3.63) is 89.0 Å². The number of fused-ring (bicyclic) bond motifs is 8. The molecule has 4 aromatic rings. The van der Waals surface area contributed by atoms with E-state index < -0.39 is 0 Å². The average molecular weight is 756 g/mol. The van der Waals surface area contributed by atoms with Crippen LogP contribution in [0.25, 0.3) is 0 Å². The molecule has 4 heterocycles. The summed E-state index contributed by atoms with van der Waals surface area (Å²) in [4.78, 5) is 53.3. The number of nitrogens with zero attached hydrogens (tertiary/aromatic N) is 4. The van der Waals surface area contributed by atoms with Gasteiger partial charge in [-0.25, -0.2) is 0 Å². The Kier molecular flexibility index (Phi) is 9.73. The molecule has 0 radical (unpaired) electrons. The van der Waals surface area contributed by atoms with Crippen LogP contribution in [0.4, 0.5) is 28.4 Å². The van der Waals surface area contributed by atoms with E-state index in [1.165, 1.54) is 7.11 Å². The summed E-state index contributed by atoms with van der Waals surface area (Å²) in [7, 11) is 3.08. The summed E-state index contributed by atoms with van der Waals surface area (Å²) in [5, 5.41) is 3.01. The van der Waals surface area contributed by atoms with Crippen molar-refractivity contribution in [2.75, 3.05) is 42.5 Å². The second-order valence-corrected chi connectivity index (χ2v) is 15.6. The van der Waals surface area contributed by atoms with Crippen molar-refractivity contribution < 1.29 is 33.3 Å². The minimum Gasteiger partial charge on any atom is -0.493 e. The molecule has 12 nitrogen and oxygen atoms in total. The van der Waals surface area contributed by atoms with E-state index in [1.54, 1.807) is 47.4 Å². The number of carbonyl (C=O) groups is 3. The molecule has 4 aliphatic heterocycles. The van der Waals surface area contributed by atoms with Crippen molar-refractivity contribution >= 4 is 58.6 Å². The number of nitrogens with one attached hydrogen (secondary N) is 1. The highest BCUT2D eigenvalue weighted by Gasteiger charge is 2.38. The summed E-state index contributed by atoms with van der Waals surface area (Å²) in [6.45, 7) is 6.95. The van der Waals surface area contributed by atoms with Crippen LogP contribution < -0.4 is 34.1 Å². The number of carbonyl (C=O) groups excluding carboxylic acids is 3. The fourth-order valence-electron chi connectivity index (χ4n) is 7.66. The predicted molar refractivity (Wildman–Crippen MR) is 217 cm³/mol. The van der Waals surface area contributed by atoms with Gasteiger partial charge in [-0.05, 0) is 59.4 Å². The lowest BCUT2D eigenvalue weighted by Crippen LogP contribution is -2.37. The van der Waals surface area contributed by atoms with E-state index in [0.29, 0.717) is 90.1 Å². The van der Waals surface area contributed by atoms with Crippen LogP contribution in [0, 0.1) is 5.41 Å². The molecular weight excluding hydrogens is 711 g/mol. The maximum atomic E-state index is 14.0. The first kappa shape index (κ1) is 36.8. The molecule has 0 saturated carbocycles. The summed E-state index contributed by atoms with van der Waals surface area (Å²) >= 11 is 0. The molecule has 0 bridgehead atoms. The topological polar surface area (TPSA) is 131 Å². The van der Waals surface area contributed by atoms with E-state index in [-0.39, 0.29) is 35.2 Å². The van der Waals surface area contributed by atoms with Crippen molar-refractivity contribution in [2.24, 2.45) is 15.4 Å². The highest BCUT2D eigenvalue weighted by Crippen LogP contribution is 2.43. The fraction of sp³-hybridized carbons (Fsp3) is 0.341. The third-order valence-electron chi connectivity index (χ3n) is 10.5. The zero-order valence-electron chi connectivity index (χ0n) is 32.3. The van der Waals surface area contributed by atoms with E-state index in [1.807, 2.05) is 48.7 Å². The molecule has 4 aromatic carbocycles. The molecule has 1 N–H and O–H groups in total. The van der Waals surface area contributed by atoms with E-state index in [9.17, 15) is 14.4 Å². The first-order valence-electron chi connectivity index (χ1n) is 19.0. The van der Waals surface area contributed by atoms with Gasteiger partial charge >= 0.3 is 0 Å². The van der Waals surface area contributed by atoms with Crippen LogP contribution >= 0.6 is 0 Å². The van der Waals surface area contributed by atoms with Crippen molar-refractivity contribution in [1.82, 2.24) is 0 Å². The van der Waals surface area contributed by atoms with Crippen LogP contribution in [0.3, 0.4) is 0 Å². The Morgan fingerprint density at radius 2 is 1.29 bits per heavy atom. The molecule has 0 fully saturated rings. The van der Waals surface area contributed by atoms with Crippen molar-refractivity contribution in [2.45, 2.75) is 65.0 Å². The number of amides is 3. The summed E-state index contributed by atoms with van der Waals surface area (Å²) in [6.07, 6.45) is 6.67. The molecule has 56 heavy (non-hydrogen) atoms. The number of anilines is 3. The van der Waals surface area contributed by atoms with Gasteiger partial charge in [0, 0.05) is 67.3 Å². The molecule has 0 aromatic heterocycles. The lowest BCUT2D eigenvalue weighted by atomic mass is 9.90. The Balaban J connectivity index is 0.907. The summed E-state index contributed by atoms with van der Waals surface area (Å²) < 4.78 is 23.6. The Hall–Kier alpha value is -6.17. The van der Waals surface area contributed by atoms with Gasteiger partial charge in [0.25, 0.3) is 11.8 Å². The normalized spacial score (nSPS) is 17.5. The lowest BCUT2D eigenvalue weighted by Gasteiger charge is -2.22. The predicted octanol–water partition coefficient (Wildman–Crippen LogP) is 7.89. The molecule has 0 aliphatic carbocycles. The molecule has 0 unspecified atom stereocenters. The van der Waals surface area contributed by atoms with Gasteiger partial charge in [-0.1, -0.05) is 39.0 Å². The monoisotopic (exact) mass is 755 g/mol. The molecule has 0 spiro atoms. The number of methoxy groups -OCH3 is 2. The first-order valence-corrected chi connectivity index (χ1v) is 19.0. The quantitative estimate of drug-likeness (QED) is 0.154. The third kappa shape index (κ3) is 7.07. The Bertz CT molecular complexity index is 2290. The van der Waals surface area contributed by atoms with Crippen LogP contribution in [0.15, 0.2) is 76.7 Å². The van der Waals surface area contributed by atoms with Gasteiger partial charge < -0.3 is 24.3 Å². The number of para-hydroxylation sites is 1. The number of rotatable bonds is 11. The molecule has 0 saturated heterocycles. The highest BCUT2D eigenvalue weighted by atomic mass is 16.5. The van der Waals surface area contributed by atoms with Crippen LogP contribution in [0.2, 0.25) is 0 Å². The Morgan fingerprint density at radius 1 is 0.732 bits per heavy atom. The molecule has 8 rings (SSSR count). The van der Waals surface area contributed by atoms with Crippen LogP contribution in [0.1, 0.15) is 71.9 Å². The zero-order valence-corrected chi connectivity index (χ0v) is 32.3. The fourth-order valence-corrected chi connectivity index (χ4v) is 7.66. The number of aliphatic imine (C=N–C) groups is 2. The van der Waals surface area contributed by atoms with Gasteiger partial charge in [0.05, 0.1) is 62.0 Å². The Labute approximate surface area is 326 Å². The SMILES string of the molecule is COc1cc2c(cc1OCCCOc1cc3c(cc1OC)C(=O)N1c4ccc(NC(=O)CCC(C)(C)C)cc4C[C@H]1C=N3)N=C[C@@H]1Cc3ccccc3N1C2=O. The van der Waals surface area contributed by atoms with E-state index in [2.05, 4.69) is 31.1 Å². The molecule has 2 atom stereocenters. The van der Waals surface area contributed by atoms with E-state index in [4.69, 9.17) is 23.9 Å². The molecule has 4 aliphatic rings. The van der Waals surface area contributed by atoms with Gasteiger partial charge in [0.1, 0.15) is 0 Å². The Morgan fingerprint density at radius 3 is 1.86 bits per heavy atom. The van der Waals surface area contributed by atoms with Crippen LogP contribution in [0.5, 0.6) is 23.0 Å². The van der Waals surface area contributed by atoms with Gasteiger partial charge in [-0.15, -0.1) is 0 Å². The largest absolute Gasteiger partial charge is 0.493 e. The van der Waals surface area contributed by atoms with Crippen molar-refractivity contribution in [1.29, 1.82) is 0 Å². The molecule has 288 valence electrons. The highest BCUT2D eigenvalue weighted by molar-refractivity contribution is 6.16. The van der Waals surface area contributed by atoms with Crippen molar-refractivity contribution in [3.8, 4) is 23.0 Å². The summed E-state index contributed by atoms with van der Waals surface area (Å²) in [6, 6.07) is 20.0. The average Bonchev–Trinajstić information content (AvgIpc) is 3.67. The summed E-state index contributed by atoms with van der Waals surface area (Å²) in [5.74, 6) is 1.46. The van der Waals surface area contributed by atoms with Crippen molar-refractivity contribution in [3.63, 3.8) is 0 Å². The number of benzene rings is 4. The van der Waals surface area contributed by atoms with Crippen LogP contribution in [-0.4, -0.2) is 69.7 Å². The van der Waals surface area contributed by atoms with Gasteiger partial charge in [0.2, 0.25) is 5.91 Å². The van der Waals surface area contributed by atoms with Gasteiger partial charge in [-0.3, -0.25) is 34.2 Å². The first-order chi connectivity index (χ1) is 27.0. The summed E-state index contributed by atoms with van der Waals surface area (Å²) in [5.41, 5.74) is 6.47. The minimum absolute atomic E-state index is 0.0250. The smallest absolute Gasteiger partial charge is 0.261 e. The minimum atomic E-state index is -0.271. The second kappa shape index (κ2) is 14.8. The standard InChI is InChI=1S/C44H45N5O7/c1-44(2,3)14-13-41(50)47-28-11-12-36-27(17-28)19-30-25-46-34-23-40(38(54-5)21-32(34)43(52)49(30)36)56-16-8-15-55-39-22-33-31(20-37(39)53-4)42(51)48-29(24-45-33)18-26-9-6-7-10-35(26)48/h6-7,9-12,17,20-25,29-30H,8,13-16,18-19H2,1-5H3,(H,47,50)/t29-,30-/m0/s1. The van der Waals surface area contributed by atoms with E-state index >= 15 is 0 Å². The molecule has 12 heteroatoms. The van der Waals surface area contributed by atoms with Gasteiger partial charge in [0.15, 0.2) is 23.0 Å². The maximum absolute atomic E-state index is 14.0. The third-order valence-corrected chi connectivity index (χ3v) is 10.5. The van der Waals surface area contributed by atoms with Gasteiger partial charge in [-0.2, -0.15) is 0 Å². The number of hydrogen-bond acceptors (Lipinski definition) is 9. The lowest BCUT2D eigenvalue weighted by molar-refractivity contribution is -0.116. The number of ether oxygens (including phenoxy) is 4. The van der Waals surface area contributed by atoms with E-state index in [0.717, 1.165) is 28.9 Å². The molecule has 3 amide bonds. The number of hydrogen-bond donors (Lipinski definition) is 1. The van der Waals surface area contributed by atoms with Crippen LogP contribution in [-0.2, 0) is 17.6 Å². The zero-order chi connectivity index (χ0) is 39.1. The maximum Gasteiger partial charge on any atom is 0.261 e. The second-order valence-electron chi connectivity index (χ2n) is 15.6. The molecular formula is C44H45N5O7.